The normalized spacial score (nSPS) is 9.29. The van der Waals surface area contributed by atoms with Crippen LogP contribution in [0, 0.1) is 5.41 Å². The van der Waals surface area contributed by atoms with Crippen molar-refractivity contribution in [3.63, 3.8) is 0 Å². The Kier molecular flexibility index (Phi) is 17.5. The summed E-state index contributed by atoms with van der Waals surface area (Å²) in [6.45, 7) is 3.69. The van der Waals surface area contributed by atoms with Gasteiger partial charge in [-0.25, -0.2) is 0 Å². The van der Waals surface area contributed by atoms with Crippen LogP contribution < -0.4 is 0 Å². The zero-order valence-corrected chi connectivity index (χ0v) is 11.6. The Morgan fingerprint density at radius 3 is 1.12 bits per heavy atom. The number of aliphatic hydroxyl groups excluding tert-OH is 2. The molecule has 0 unspecified atom stereocenters. The zero-order valence-electron chi connectivity index (χ0n) is 9.83. The Bertz CT molecular complexity index is 188. The molecule has 0 bridgehead atoms. The number of aliphatic hydroxyl groups is 2. The average Bonchev–Trinajstić information content (AvgIpc) is 2.30. The highest BCUT2D eigenvalue weighted by Gasteiger charge is 2.13. The molecule has 0 saturated heterocycles. The van der Waals surface area contributed by atoms with Gasteiger partial charge in [-0.15, -0.1) is 0 Å². The molecule has 0 rings (SSSR count). The van der Waals surface area contributed by atoms with Gasteiger partial charge in [-0.3, -0.25) is 9.59 Å². The maximum absolute atomic E-state index is 9.29. The number of hydrogen-bond acceptors (Lipinski definition) is 6. The van der Waals surface area contributed by atoms with E-state index >= 15 is 0 Å². The number of carbonyl (C=O) groups is 2. The van der Waals surface area contributed by atoms with Crippen LogP contribution in [-0.4, -0.2) is 57.1 Å². The van der Waals surface area contributed by atoms with Gasteiger partial charge in [0.2, 0.25) is 0 Å². The topological polar surface area (TPSA) is 115 Å². The summed E-state index contributed by atoms with van der Waals surface area (Å²) in [5.74, 6) is -1.93. The summed E-state index contributed by atoms with van der Waals surface area (Å²) < 4.78 is 0. The van der Waals surface area contributed by atoms with Crippen LogP contribution in [0.1, 0.15) is 13.8 Å². The molecule has 8 heteroatoms. The molecule has 0 spiro atoms. The third-order valence-corrected chi connectivity index (χ3v) is 1.67. The van der Waals surface area contributed by atoms with E-state index in [1.807, 2.05) is 0 Å². The molecule has 0 aromatic rings. The molecular weight excluding hydrogens is 268 g/mol. The predicted octanol–water partition coefficient (Wildman–Crippen LogP) is -0.00120. The van der Waals surface area contributed by atoms with E-state index in [0.29, 0.717) is 0 Å². The highest BCUT2D eigenvalue weighted by molar-refractivity contribution is 7.81. The molecule has 0 saturated carbocycles. The van der Waals surface area contributed by atoms with Crippen LogP contribution in [0.2, 0.25) is 0 Å². The fourth-order valence-electron chi connectivity index (χ4n) is 0.0500. The second kappa shape index (κ2) is 13.6. The van der Waals surface area contributed by atoms with Gasteiger partial charge in [0.25, 0.3) is 0 Å². The van der Waals surface area contributed by atoms with Crippen molar-refractivity contribution < 1.29 is 30.0 Å². The van der Waals surface area contributed by atoms with E-state index < -0.39 is 11.9 Å². The van der Waals surface area contributed by atoms with Gasteiger partial charge in [0.05, 0.1) is 24.7 Å². The molecule has 17 heavy (non-hydrogen) atoms. The van der Waals surface area contributed by atoms with E-state index in [1.165, 1.54) is 0 Å². The molecule has 0 radical (unpaired) electrons. The van der Waals surface area contributed by atoms with Crippen LogP contribution in [0.15, 0.2) is 0 Å². The first kappa shape index (κ1) is 21.8. The van der Waals surface area contributed by atoms with Crippen molar-refractivity contribution in [2.24, 2.45) is 5.41 Å². The number of rotatable bonds is 4. The molecule has 0 aromatic carbocycles. The predicted molar refractivity (Wildman–Crippen MR) is 70.9 cm³/mol. The molecule has 0 atom stereocenters. The van der Waals surface area contributed by atoms with E-state index in [0.717, 1.165) is 0 Å². The van der Waals surface area contributed by atoms with Gasteiger partial charge in [0.1, 0.15) is 0 Å². The van der Waals surface area contributed by atoms with E-state index in [9.17, 15) is 9.59 Å². The van der Waals surface area contributed by atoms with Crippen molar-refractivity contribution in [1.29, 1.82) is 0 Å². The lowest BCUT2D eigenvalue weighted by Crippen LogP contribution is -2.20. The fraction of sp³-hybridized carbons (Fsp3) is 0.778. The molecule has 0 aromatic heterocycles. The largest absolute Gasteiger partial charge is 0.481 e. The third kappa shape index (κ3) is 31.3. The number of carboxylic acids is 2. The van der Waals surface area contributed by atoms with Gasteiger partial charge in [0.15, 0.2) is 0 Å². The molecule has 0 heterocycles. The summed E-state index contributed by atoms with van der Waals surface area (Å²) in [5.41, 5.74) is -0.306. The van der Waals surface area contributed by atoms with Crippen molar-refractivity contribution in [3.8, 4) is 0 Å². The number of carboxylic acid groups (broad SMARTS) is 2. The standard InChI is InChI=1S/C5H12O2.2C2H4O2S/c1-5(2,3-6)4-7;2*3-2(4)1-5/h6-7H,3-4H2,1-2H3;2*5H,1H2,(H,3,4). The Balaban J connectivity index is -0.000000177. The monoisotopic (exact) mass is 288 g/mol. The van der Waals surface area contributed by atoms with E-state index in [-0.39, 0.29) is 30.1 Å². The summed E-state index contributed by atoms with van der Waals surface area (Å²) in [4.78, 5) is 18.6. The molecule has 0 aliphatic rings. The molecule has 0 aliphatic heterocycles. The van der Waals surface area contributed by atoms with Crippen molar-refractivity contribution in [2.75, 3.05) is 24.7 Å². The molecule has 0 fully saturated rings. The Morgan fingerprint density at radius 2 is 1.12 bits per heavy atom. The van der Waals surface area contributed by atoms with Gasteiger partial charge in [-0.05, 0) is 0 Å². The van der Waals surface area contributed by atoms with Gasteiger partial charge in [-0.2, -0.15) is 25.3 Å². The van der Waals surface area contributed by atoms with Crippen LogP contribution in [0.4, 0.5) is 0 Å². The average molecular weight is 288 g/mol. The van der Waals surface area contributed by atoms with Crippen molar-refractivity contribution in [3.05, 3.63) is 0 Å². The first-order chi connectivity index (χ1) is 7.66. The molecule has 104 valence electrons. The minimum absolute atomic E-state index is 0.0451. The fourth-order valence-corrected chi connectivity index (χ4v) is 0.0500. The molecule has 0 aliphatic carbocycles. The van der Waals surface area contributed by atoms with Gasteiger partial charge >= 0.3 is 11.9 Å². The van der Waals surface area contributed by atoms with Gasteiger partial charge in [-0.1, -0.05) is 13.8 Å². The van der Waals surface area contributed by atoms with Crippen LogP contribution in [-0.2, 0) is 9.59 Å². The summed E-state index contributed by atoms with van der Waals surface area (Å²) in [6, 6.07) is 0. The maximum Gasteiger partial charge on any atom is 0.313 e. The van der Waals surface area contributed by atoms with Crippen LogP contribution in [0.5, 0.6) is 0 Å². The lowest BCUT2D eigenvalue weighted by Gasteiger charge is -2.16. The minimum Gasteiger partial charge on any atom is -0.481 e. The second-order valence-corrected chi connectivity index (χ2v) is 4.22. The molecule has 0 amide bonds. The Hall–Kier alpha value is -0.440. The first-order valence-corrected chi connectivity index (χ1v) is 5.80. The van der Waals surface area contributed by atoms with Crippen molar-refractivity contribution >= 4 is 37.2 Å². The highest BCUT2D eigenvalue weighted by Crippen LogP contribution is 2.10. The highest BCUT2D eigenvalue weighted by atomic mass is 32.1. The quantitative estimate of drug-likeness (QED) is 0.406. The lowest BCUT2D eigenvalue weighted by atomic mass is 9.97. The molecule has 6 nitrogen and oxygen atoms in total. The van der Waals surface area contributed by atoms with Crippen molar-refractivity contribution in [2.45, 2.75) is 13.8 Å². The molecule has 4 N–H and O–H groups in total. The number of aliphatic carboxylic acids is 2. The summed E-state index contributed by atoms with van der Waals surface area (Å²) in [6.07, 6.45) is 0. The van der Waals surface area contributed by atoms with E-state index in [4.69, 9.17) is 20.4 Å². The minimum atomic E-state index is -0.881. The third-order valence-electron chi connectivity index (χ3n) is 1.13. The summed E-state index contributed by atoms with van der Waals surface area (Å²) in [5, 5.41) is 32.2. The van der Waals surface area contributed by atoms with Crippen LogP contribution >= 0.6 is 25.3 Å². The molecular formula is C9H20O6S2. The smallest absolute Gasteiger partial charge is 0.313 e. The van der Waals surface area contributed by atoms with Crippen molar-refractivity contribution in [1.82, 2.24) is 0 Å². The van der Waals surface area contributed by atoms with Gasteiger partial charge in [0, 0.05) is 5.41 Å². The second-order valence-electron chi connectivity index (χ2n) is 3.58. The Morgan fingerprint density at radius 1 is 0.941 bits per heavy atom. The number of thiol groups is 2. The SMILES string of the molecule is CC(C)(CO)CO.O=C(O)CS.O=C(O)CS. The maximum atomic E-state index is 9.29. The summed E-state index contributed by atoms with van der Waals surface area (Å²) >= 11 is 6.83. The summed E-state index contributed by atoms with van der Waals surface area (Å²) in [7, 11) is 0. The zero-order chi connectivity index (χ0) is 14.5. The van der Waals surface area contributed by atoms with Gasteiger partial charge < -0.3 is 20.4 Å². The lowest BCUT2D eigenvalue weighted by molar-refractivity contribution is -0.134. The van der Waals surface area contributed by atoms with E-state index in [1.54, 1.807) is 13.8 Å². The van der Waals surface area contributed by atoms with Crippen LogP contribution in [0.25, 0.3) is 0 Å². The Labute approximate surface area is 111 Å². The van der Waals surface area contributed by atoms with E-state index in [2.05, 4.69) is 25.3 Å². The number of hydrogen-bond donors (Lipinski definition) is 6. The van der Waals surface area contributed by atoms with Crippen LogP contribution in [0.3, 0.4) is 0 Å². The first-order valence-electron chi connectivity index (χ1n) is 4.53.